The molecule has 1 aliphatic rings. The number of nitrogens with zero attached hydrogens (tertiary/aromatic N) is 3. The lowest BCUT2D eigenvalue weighted by molar-refractivity contribution is 0.463. The van der Waals surface area contributed by atoms with Gasteiger partial charge < -0.3 is 4.57 Å². The van der Waals surface area contributed by atoms with Gasteiger partial charge in [-0.05, 0) is 24.3 Å². The second-order valence-corrected chi connectivity index (χ2v) is 5.76. The zero-order chi connectivity index (χ0) is 12.0. The molecule has 5 heteroatoms. The van der Waals surface area contributed by atoms with Crippen LogP contribution in [-0.2, 0) is 12.4 Å². The second kappa shape index (κ2) is 3.85. The Morgan fingerprint density at radius 1 is 1.47 bits per heavy atom. The molecule has 2 aromatic heterocycles. The van der Waals surface area contributed by atoms with Gasteiger partial charge in [0.2, 0.25) is 0 Å². The van der Waals surface area contributed by atoms with Crippen LogP contribution in [-0.4, -0.2) is 14.5 Å². The van der Waals surface area contributed by atoms with Crippen LogP contribution < -0.4 is 0 Å². The third-order valence-electron chi connectivity index (χ3n) is 3.39. The van der Waals surface area contributed by atoms with Crippen LogP contribution in [0, 0.1) is 5.41 Å². The van der Waals surface area contributed by atoms with E-state index in [1.165, 1.54) is 12.8 Å². The van der Waals surface area contributed by atoms with E-state index in [2.05, 4.69) is 21.5 Å². The van der Waals surface area contributed by atoms with Gasteiger partial charge in [-0.25, -0.2) is 9.97 Å². The number of halogens is 2. The summed E-state index contributed by atoms with van der Waals surface area (Å²) in [7, 11) is 0. The third-order valence-corrected chi connectivity index (χ3v) is 3.84. The van der Waals surface area contributed by atoms with E-state index in [-0.39, 0.29) is 0 Å². The van der Waals surface area contributed by atoms with E-state index in [9.17, 15) is 0 Å². The molecular formula is C12H13Cl2N3. The number of imidazole rings is 1. The molecule has 17 heavy (non-hydrogen) atoms. The topological polar surface area (TPSA) is 30.7 Å². The molecule has 2 aromatic rings. The van der Waals surface area contributed by atoms with Crippen molar-refractivity contribution in [2.75, 3.05) is 0 Å². The summed E-state index contributed by atoms with van der Waals surface area (Å²) in [5.74, 6) is 1.29. The number of fused-ring (bicyclic) bond motifs is 1. The minimum atomic E-state index is 0.399. The first-order valence-corrected chi connectivity index (χ1v) is 6.59. The van der Waals surface area contributed by atoms with Gasteiger partial charge in [0.15, 0.2) is 5.65 Å². The Balaban J connectivity index is 2.12. The number of hydrogen-bond donors (Lipinski definition) is 0. The highest BCUT2D eigenvalue weighted by Crippen LogP contribution is 2.47. The van der Waals surface area contributed by atoms with Gasteiger partial charge in [0.05, 0.1) is 10.9 Å². The van der Waals surface area contributed by atoms with Crippen LogP contribution in [0.25, 0.3) is 11.2 Å². The van der Waals surface area contributed by atoms with E-state index >= 15 is 0 Å². The minimum absolute atomic E-state index is 0.399. The highest BCUT2D eigenvalue weighted by molar-refractivity contribution is 6.31. The first-order chi connectivity index (χ1) is 8.11. The van der Waals surface area contributed by atoms with Gasteiger partial charge >= 0.3 is 0 Å². The number of hydrogen-bond acceptors (Lipinski definition) is 2. The van der Waals surface area contributed by atoms with Crippen LogP contribution in [0.4, 0.5) is 0 Å². The van der Waals surface area contributed by atoms with E-state index < -0.39 is 0 Å². The fourth-order valence-electron chi connectivity index (χ4n) is 2.05. The molecule has 2 heterocycles. The summed E-state index contributed by atoms with van der Waals surface area (Å²) in [6.07, 6.45) is 4.19. The Morgan fingerprint density at radius 3 is 2.88 bits per heavy atom. The summed E-state index contributed by atoms with van der Waals surface area (Å²) in [6.45, 7) is 3.23. The van der Waals surface area contributed by atoms with Crippen molar-refractivity contribution in [3.63, 3.8) is 0 Å². The van der Waals surface area contributed by atoms with Crippen molar-refractivity contribution >= 4 is 34.4 Å². The van der Waals surface area contributed by atoms with Crippen LogP contribution in [0.15, 0.2) is 12.3 Å². The van der Waals surface area contributed by atoms with Crippen LogP contribution >= 0.6 is 23.2 Å². The molecule has 0 atom stereocenters. The van der Waals surface area contributed by atoms with Crippen LogP contribution in [0.1, 0.15) is 25.6 Å². The molecular weight excluding hydrogens is 257 g/mol. The van der Waals surface area contributed by atoms with Gasteiger partial charge in [0.25, 0.3) is 0 Å². The van der Waals surface area contributed by atoms with E-state index in [1.807, 2.05) is 6.07 Å². The van der Waals surface area contributed by atoms with Crippen LogP contribution in [0.5, 0.6) is 0 Å². The number of pyridine rings is 1. The predicted molar refractivity (Wildman–Crippen MR) is 69.4 cm³/mol. The number of aromatic nitrogens is 3. The van der Waals surface area contributed by atoms with Crippen molar-refractivity contribution in [1.29, 1.82) is 0 Å². The van der Waals surface area contributed by atoms with Gasteiger partial charge in [0.1, 0.15) is 11.3 Å². The molecule has 1 saturated carbocycles. The van der Waals surface area contributed by atoms with Crippen molar-refractivity contribution in [2.45, 2.75) is 32.2 Å². The maximum Gasteiger partial charge on any atom is 0.160 e. The largest absolute Gasteiger partial charge is 0.311 e. The molecule has 0 unspecified atom stereocenters. The minimum Gasteiger partial charge on any atom is -0.311 e. The first kappa shape index (κ1) is 11.3. The Hall–Kier alpha value is -0.800. The molecule has 0 saturated heterocycles. The summed E-state index contributed by atoms with van der Waals surface area (Å²) in [5, 5.41) is 0.612. The lowest BCUT2D eigenvalue weighted by Crippen LogP contribution is -2.11. The van der Waals surface area contributed by atoms with E-state index in [0.29, 0.717) is 16.3 Å². The molecule has 90 valence electrons. The fourth-order valence-corrected chi connectivity index (χ4v) is 2.41. The molecule has 1 aliphatic carbocycles. The zero-order valence-electron chi connectivity index (χ0n) is 9.58. The molecule has 0 aliphatic heterocycles. The summed E-state index contributed by atoms with van der Waals surface area (Å²) in [5.41, 5.74) is 2.12. The first-order valence-electron chi connectivity index (χ1n) is 5.68. The highest BCUT2D eigenvalue weighted by atomic mass is 35.5. The summed E-state index contributed by atoms with van der Waals surface area (Å²) >= 11 is 11.9. The Bertz CT molecular complexity index is 572. The summed E-state index contributed by atoms with van der Waals surface area (Å²) < 4.78 is 2.13. The standard InChI is InChI=1S/C12H13Cl2N3/c1-12(2-3-12)7-17-10(5-13)16-9-4-8(14)6-15-11(9)17/h4,6H,2-3,5,7H2,1H3. The third kappa shape index (κ3) is 2.02. The monoisotopic (exact) mass is 269 g/mol. The van der Waals surface area contributed by atoms with Gasteiger partial charge in [0, 0.05) is 12.7 Å². The molecule has 3 rings (SSSR count). The van der Waals surface area contributed by atoms with Crippen molar-refractivity contribution in [1.82, 2.24) is 14.5 Å². The van der Waals surface area contributed by atoms with Gasteiger partial charge in [-0.2, -0.15) is 0 Å². The van der Waals surface area contributed by atoms with E-state index in [0.717, 1.165) is 23.5 Å². The number of alkyl halides is 1. The fraction of sp³-hybridized carbons (Fsp3) is 0.500. The lowest BCUT2D eigenvalue weighted by atomic mass is 10.1. The second-order valence-electron chi connectivity index (χ2n) is 5.05. The molecule has 3 nitrogen and oxygen atoms in total. The van der Waals surface area contributed by atoms with Crippen LogP contribution in [0.3, 0.4) is 0 Å². The Kier molecular flexibility index (Phi) is 2.56. The van der Waals surface area contributed by atoms with Crippen molar-refractivity contribution in [2.24, 2.45) is 5.41 Å². The van der Waals surface area contributed by atoms with E-state index in [4.69, 9.17) is 23.2 Å². The Labute approximate surface area is 110 Å². The molecule has 0 aromatic carbocycles. The highest BCUT2D eigenvalue weighted by Gasteiger charge is 2.38. The molecule has 1 fully saturated rings. The molecule has 0 spiro atoms. The Morgan fingerprint density at radius 2 is 2.24 bits per heavy atom. The molecule has 0 radical (unpaired) electrons. The summed E-state index contributed by atoms with van der Waals surface area (Å²) in [4.78, 5) is 8.86. The molecule has 0 amide bonds. The van der Waals surface area contributed by atoms with Gasteiger partial charge in [-0.1, -0.05) is 18.5 Å². The van der Waals surface area contributed by atoms with Gasteiger partial charge in [-0.15, -0.1) is 11.6 Å². The lowest BCUT2D eigenvalue weighted by Gasteiger charge is -2.12. The van der Waals surface area contributed by atoms with Crippen molar-refractivity contribution in [3.05, 3.63) is 23.1 Å². The normalized spacial score (nSPS) is 17.6. The molecule has 0 N–H and O–H groups in total. The quantitative estimate of drug-likeness (QED) is 0.797. The van der Waals surface area contributed by atoms with Gasteiger partial charge in [-0.3, -0.25) is 0 Å². The maximum absolute atomic E-state index is 5.95. The van der Waals surface area contributed by atoms with Crippen molar-refractivity contribution in [3.8, 4) is 0 Å². The van der Waals surface area contributed by atoms with Crippen molar-refractivity contribution < 1.29 is 0 Å². The number of rotatable bonds is 3. The maximum atomic E-state index is 5.95. The van der Waals surface area contributed by atoms with Crippen LogP contribution in [0.2, 0.25) is 5.02 Å². The molecule has 0 bridgehead atoms. The smallest absolute Gasteiger partial charge is 0.160 e. The average molecular weight is 270 g/mol. The summed E-state index contributed by atoms with van der Waals surface area (Å²) in [6, 6.07) is 1.84. The average Bonchev–Trinajstić information content (AvgIpc) is 2.92. The zero-order valence-corrected chi connectivity index (χ0v) is 11.1. The predicted octanol–water partition coefficient (Wildman–Crippen LogP) is 3.62. The SMILES string of the molecule is CC1(Cn2c(CCl)nc3cc(Cl)cnc32)CC1. The van der Waals surface area contributed by atoms with E-state index in [1.54, 1.807) is 6.20 Å².